The second kappa shape index (κ2) is 13.1. The lowest BCUT2D eigenvalue weighted by atomic mass is 10.1. The predicted molar refractivity (Wildman–Crippen MR) is 146 cm³/mol. The van der Waals surface area contributed by atoms with Crippen LogP contribution in [-0.2, 0) is 37.3 Å². The number of halogens is 1. The van der Waals surface area contributed by atoms with Crippen LogP contribution < -0.4 is 5.32 Å². The van der Waals surface area contributed by atoms with E-state index in [-0.39, 0.29) is 35.8 Å². The third kappa shape index (κ3) is 7.34. The predicted octanol–water partition coefficient (Wildman–Crippen LogP) is 3.77. The molecular weight excluding hydrogens is 526 g/mol. The molecule has 10 heteroatoms. The van der Waals surface area contributed by atoms with E-state index in [2.05, 4.69) is 5.32 Å². The molecule has 2 aromatic carbocycles. The molecule has 4 rings (SSSR count). The molecule has 2 aromatic rings. The number of benzene rings is 2. The van der Waals surface area contributed by atoms with Crippen molar-refractivity contribution in [3.8, 4) is 0 Å². The summed E-state index contributed by atoms with van der Waals surface area (Å²) < 4.78 is 32.7. The number of amides is 2. The van der Waals surface area contributed by atoms with Gasteiger partial charge in [-0.05, 0) is 74.4 Å². The minimum absolute atomic E-state index is 0.0174. The van der Waals surface area contributed by atoms with Gasteiger partial charge in [-0.2, -0.15) is 4.31 Å². The lowest BCUT2D eigenvalue weighted by molar-refractivity contribution is -0.140. The first-order valence-electron chi connectivity index (χ1n) is 13.3. The molecule has 38 heavy (non-hydrogen) atoms. The first-order chi connectivity index (χ1) is 18.2. The second-order valence-corrected chi connectivity index (χ2v) is 12.3. The number of hydrogen-bond donors (Lipinski definition) is 1. The zero-order chi connectivity index (χ0) is 27.1. The van der Waals surface area contributed by atoms with Gasteiger partial charge in [0, 0.05) is 44.2 Å². The zero-order valence-corrected chi connectivity index (χ0v) is 23.3. The quantitative estimate of drug-likeness (QED) is 0.450. The monoisotopic (exact) mass is 561 g/mol. The van der Waals surface area contributed by atoms with Gasteiger partial charge in [-0.25, -0.2) is 8.42 Å². The van der Waals surface area contributed by atoms with Crippen LogP contribution in [0, 0.1) is 0 Å². The molecule has 0 aliphatic carbocycles. The molecule has 0 aromatic heterocycles. The van der Waals surface area contributed by atoms with Crippen molar-refractivity contribution in [2.24, 2.45) is 0 Å². The number of aryl methyl sites for hydroxylation is 1. The van der Waals surface area contributed by atoms with Crippen LogP contribution in [0.25, 0.3) is 0 Å². The van der Waals surface area contributed by atoms with Crippen LogP contribution in [0.5, 0.6) is 0 Å². The number of carbonyl (C=O) groups excluding carboxylic acids is 2. The normalized spacial score (nSPS) is 18.8. The number of ether oxygens (including phenoxy) is 1. The summed E-state index contributed by atoms with van der Waals surface area (Å²) >= 11 is 6.02. The highest BCUT2D eigenvalue weighted by Gasteiger charge is 2.28. The molecule has 2 heterocycles. The maximum atomic E-state index is 13.4. The Kier molecular flexibility index (Phi) is 9.81. The van der Waals surface area contributed by atoms with Gasteiger partial charge in [0.2, 0.25) is 21.8 Å². The van der Waals surface area contributed by atoms with E-state index in [0.717, 1.165) is 36.8 Å². The van der Waals surface area contributed by atoms with Crippen molar-refractivity contribution >= 4 is 33.4 Å². The number of rotatable bonds is 11. The molecule has 2 atom stereocenters. The van der Waals surface area contributed by atoms with Gasteiger partial charge in [0.1, 0.15) is 6.04 Å². The molecule has 0 radical (unpaired) electrons. The van der Waals surface area contributed by atoms with Crippen molar-refractivity contribution in [1.82, 2.24) is 14.5 Å². The maximum absolute atomic E-state index is 13.4. The highest BCUT2D eigenvalue weighted by atomic mass is 35.5. The SMILES string of the molecule is C[C@H](C(=O)NC[C@@H]1CCCO1)N(Cc1ccc(Cl)cc1)C(=O)CCc1ccc(S(=O)(=O)N2CCCC2)cc1. The third-order valence-corrected chi connectivity index (χ3v) is 9.38. The minimum atomic E-state index is -3.48. The fraction of sp³-hybridized carbons (Fsp3) is 0.500. The zero-order valence-electron chi connectivity index (χ0n) is 21.8. The molecule has 206 valence electrons. The van der Waals surface area contributed by atoms with E-state index in [1.165, 1.54) is 4.31 Å². The Morgan fingerprint density at radius 2 is 1.71 bits per heavy atom. The van der Waals surface area contributed by atoms with Gasteiger partial charge < -0.3 is 15.0 Å². The van der Waals surface area contributed by atoms with Gasteiger partial charge in [-0.3, -0.25) is 9.59 Å². The Hall–Kier alpha value is -2.46. The molecular formula is C28H36ClN3O5S. The van der Waals surface area contributed by atoms with E-state index in [0.29, 0.717) is 37.7 Å². The van der Waals surface area contributed by atoms with Gasteiger partial charge >= 0.3 is 0 Å². The van der Waals surface area contributed by atoms with Crippen LogP contribution in [0.4, 0.5) is 0 Å². The van der Waals surface area contributed by atoms with Crippen molar-refractivity contribution in [1.29, 1.82) is 0 Å². The van der Waals surface area contributed by atoms with E-state index in [1.54, 1.807) is 48.2 Å². The van der Waals surface area contributed by atoms with Crippen molar-refractivity contribution in [3.05, 3.63) is 64.7 Å². The van der Waals surface area contributed by atoms with E-state index in [4.69, 9.17) is 16.3 Å². The molecule has 2 amide bonds. The topological polar surface area (TPSA) is 96.0 Å². The fourth-order valence-corrected chi connectivity index (χ4v) is 6.48. The largest absolute Gasteiger partial charge is 0.376 e. The van der Waals surface area contributed by atoms with Gasteiger partial charge in [0.15, 0.2) is 0 Å². The van der Waals surface area contributed by atoms with Crippen LogP contribution in [0.1, 0.15) is 50.2 Å². The van der Waals surface area contributed by atoms with Gasteiger partial charge in [0.05, 0.1) is 11.0 Å². The number of nitrogens with zero attached hydrogens (tertiary/aromatic N) is 2. The maximum Gasteiger partial charge on any atom is 0.243 e. The number of sulfonamides is 1. The first kappa shape index (κ1) is 28.5. The van der Waals surface area contributed by atoms with E-state index in [9.17, 15) is 18.0 Å². The van der Waals surface area contributed by atoms with E-state index < -0.39 is 16.1 Å². The Labute approximate surface area is 230 Å². The summed E-state index contributed by atoms with van der Waals surface area (Å²) in [6, 6.07) is 13.3. The summed E-state index contributed by atoms with van der Waals surface area (Å²) in [7, 11) is -3.48. The number of nitrogens with one attached hydrogen (secondary N) is 1. The molecule has 2 aliphatic heterocycles. The number of hydrogen-bond acceptors (Lipinski definition) is 5. The third-order valence-electron chi connectivity index (χ3n) is 7.22. The lowest BCUT2D eigenvalue weighted by Crippen LogP contribution is -2.49. The molecule has 2 fully saturated rings. The summed E-state index contributed by atoms with van der Waals surface area (Å²) in [5, 5.41) is 3.53. The Morgan fingerprint density at radius 3 is 2.34 bits per heavy atom. The Balaban J connectivity index is 1.40. The van der Waals surface area contributed by atoms with Gasteiger partial charge in [0.25, 0.3) is 0 Å². The van der Waals surface area contributed by atoms with Crippen LogP contribution >= 0.6 is 11.6 Å². The van der Waals surface area contributed by atoms with Crippen LogP contribution in [0.3, 0.4) is 0 Å². The summed E-state index contributed by atoms with van der Waals surface area (Å²) in [4.78, 5) is 28.2. The second-order valence-electron chi connectivity index (χ2n) is 9.96. The average molecular weight is 562 g/mol. The summed E-state index contributed by atoms with van der Waals surface area (Å²) in [6.07, 6.45) is 4.32. The molecule has 0 unspecified atom stereocenters. The fourth-order valence-electron chi connectivity index (χ4n) is 4.84. The molecule has 0 bridgehead atoms. The van der Waals surface area contributed by atoms with Crippen molar-refractivity contribution in [2.75, 3.05) is 26.2 Å². The highest BCUT2D eigenvalue weighted by molar-refractivity contribution is 7.89. The van der Waals surface area contributed by atoms with E-state index in [1.807, 2.05) is 12.1 Å². The van der Waals surface area contributed by atoms with Crippen LogP contribution in [0.2, 0.25) is 5.02 Å². The summed E-state index contributed by atoms with van der Waals surface area (Å²) in [5.74, 6) is -0.382. The molecule has 0 spiro atoms. The van der Waals surface area contributed by atoms with Crippen LogP contribution in [-0.4, -0.2) is 67.8 Å². The Bertz CT molecular complexity index is 1190. The highest BCUT2D eigenvalue weighted by Crippen LogP contribution is 2.22. The average Bonchev–Trinajstić information content (AvgIpc) is 3.65. The van der Waals surface area contributed by atoms with Gasteiger partial charge in [-0.1, -0.05) is 35.9 Å². The lowest BCUT2D eigenvalue weighted by Gasteiger charge is -2.29. The minimum Gasteiger partial charge on any atom is -0.376 e. The van der Waals surface area contributed by atoms with E-state index >= 15 is 0 Å². The van der Waals surface area contributed by atoms with Crippen molar-refractivity contribution in [2.45, 2.75) is 69.0 Å². The van der Waals surface area contributed by atoms with Crippen molar-refractivity contribution < 1.29 is 22.7 Å². The first-order valence-corrected chi connectivity index (χ1v) is 15.1. The van der Waals surface area contributed by atoms with Crippen molar-refractivity contribution in [3.63, 3.8) is 0 Å². The molecule has 2 aliphatic rings. The molecule has 1 N–H and O–H groups in total. The molecule has 8 nitrogen and oxygen atoms in total. The summed E-state index contributed by atoms with van der Waals surface area (Å²) in [5.41, 5.74) is 1.73. The Morgan fingerprint density at radius 1 is 1.05 bits per heavy atom. The standard InChI is InChI=1S/C28H36ClN3O5S/c1-21(28(34)30-19-25-5-4-18-37-25)32(20-23-6-11-24(29)12-7-23)27(33)15-10-22-8-13-26(14-9-22)38(35,36)31-16-2-3-17-31/h6-9,11-14,21,25H,2-5,10,15-20H2,1H3,(H,30,34)/t21-,25+/m1/s1. The number of carbonyl (C=O) groups is 2. The van der Waals surface area contributed by atoms with Gasteiger partial charge in [-0.15, -0.1) is 0 Å². The molecule has 0 saturated carbocycles. The summed E-state index contributed by atoms with van der Waals surface area (Å²) in [6.45, 7) is 4.26. The van der Waals surface area contributed by atoms with Crippen LogP contribution in [0.15, 0.2) is 53.4 Å². The molecule has 2 saturated heterocycles. The smallest absolute Gasteiger partial charge is 0.243 e.